The molecule has 1 aromatic carbocycles. The van der Waals surface area contributed by atoms with Crippen LogP contribution in [0.1, 0.15) is 11.1 Å². The average Bonchev–Trinajstić information content (AvgIpc) is 3.06. The van der Waals surface area contributed by atoms with Crippen LogP contribution < -0.4 is 5.73 Å². The van der Waals surface area contributed by atoms with Crippen molar-refractivity contribution < 1.29 is 0 Å². The molecule has 24 heavy (non-hydrogen) atoms. The van der Waals surface area contributed by atoms with Gasteiger partial charge in [0.25, 0.3) is 0 Å². The number of benzene rings is 1. The van der Waals surface area contributed by atoms with Crippen molar-refractivity contribution in [2.45, 2.75) is 13.5 Å². The van der Waals surface area contributed by atoms with E-state index in [2.05, 4.69) is 46.3 Å². The number of nitrogens with zero attached hydrogens (tertiary/aromatic N) is 4. The van der Waals surface area contributed by atoms with Gasteiger partial charge in [-0.25, -0.2) is 9.50 Å². The van der Waals surface area contributed by atoms with E-state index in [0.29, 0.717) is 6.54 Å². The highest BCUT2D eigenvalue weighted by Gasteiger charge is 2.11. The standard InChI is InChI=1S/C19H17N5/c1-13-8-15(2-3-16(13)10-20)19-18-9-17(11-24(18)23-12-22-19)14-4-6-21-7-5-14/h2-9,11-12H,10,20H2,1H3. The van der Waals surface area contributed by atoms with Crippen LogP contribution in [-0.4, -0.2) is 19.6 Å². The third kappa shape index (κ3) is 2.45. The molecule has 5 heteroatoms. The van der Waals surface area contributed by atoms with Gasteiger partial charge in [0, 0.05) is 36.3 Å². The quantitative estimate of drug-likeness (QED) is 0.630. The molecule has 3 aromatic heterocycles. The Morgan fingerprint density at radius 2 is 1.83 bits per heavy atom. The van der Waals surface area contributed by atoms with Crippen molar-refractivity contribution in [3.8, 4) is 22.4 Å². The molecule has 0 atom stereocenters. The molecule has 0 bridgehead atoms. The molecule has 4 rings (SSSR count). The molecule has 5 nitrogen and oxygen atoms in total. The minimum atomic E-state index is 0.544. The molecule has 118 valence electrons. The van der Waals surface area contributed by atoms with E-state index in [0.717, 1.165) is 33.5 Å². The molecular weight excluding hydrogens is 298 g/mol. The molecule has 0 amide bonds. The van der Waals surface area contributed by atoms with Crippen molar-refractivity contribution >= 4 is 5.52 Å². The summed E-state index contributed by atoms with van der Waals surface area (Å²) in [6.45, 7) is 2.62. The molecule has 0 aliphatic heterocycles. The van der Waals surface area contributed by atoms with E-state index >= 15 is 0 Å². The summed E-state index contributed by atoms with van der Waals surface area (Å²) in [5.74, 6) is 0. The third-order valence-electron chi connectivity index (χ3n) is 4.26. The Morgan fingerprint density at radius 3 is 2.58 bits per heavy atom. The maximum absolute atomic E-state index is 5.76. The van der Waals surface area contributed by atoms with Gasteiger partial charge in [-0.2, -0.15) is 5.10 Å². The smallest absolute Gasteiger partial charge is 0.137 e. The Morgan fingerprint density at radius 1 is 1.00 bits per heavy atom. The summed E-state index contributed by atoms with van der Waals surface area (Å²) < 4.78 is 1.87. The van der Waals surface area contributed by atoms with Crippen molar-refractivity contribution in [2.75, 3.05) is 0 Å². The summed E-state index contributed by atoms with van der Waals surface area (Å²) in [4.78, 5) is 8.58. The van der Waals surface area contributed by atoms with Gasteiger partial charge in [-0.3, -0.25) is 4.98 Å². The molecule has 3 heterocycles. The van der Waals surface area contributed by atoms with E-state index in [1.165, 1.54) is 5.56 Å². The number of aromatic nitrogens is 4. The monoisotopic (exact) mass is 315 g/mol. The lowest BCUT2D eigenvalue weighted by atomic mass is 10.0. The van der Waals surface area contributed by atoms with Crippen molar-refractivity contribution in [3.63, 3.8) is 0 Å². The van der Waals surface area contributed by atoms with E-state index in [9.17, 15) is 0 Å². The minimum absolute atomic E-state index is 0.544. The van der Waals surface area contributed by atoms with E-state index in [-0.39, 0.29) is 0 Å². The number of nitrogens with two attached hydrogens (primary N) is 1. The maximum atomic E-state index is 5.76. The first kappa shape index (κ1) is 14.5. The van der Waals surface area contributed by atoms with E-state index < -0.39 is 0 Å². The Bertz CT molecular complexity index is 1000. The van der Waals surface area contributed by atoms with Crippen LogP contribution >= 0.6 is 0 Å². The largest absolute Gasteiger partial charge is 0.326 e. The van der Waals surface area contributed by atoms with Crippen molar-refractivity contribution in [3.05, 3.63) is 72.4 Å². The fourth-order valence-corrected chi connectivity index (χ4v) is 2.93. The number of hydrogen-bond donors (Lipinski definition) is 1. The van der Waals surface area contributed by atoms with Gasteiger partial charge in [-0.15, -0.1) is 0 Å². The fourth-order valence-electron chi connectivity index (χ4n) is 2.93. The summed E-state index contributed by atoms with van der Waals surface area (Å²) in [6.07, 6.45) is 7.18. The predicted octanol–water partition coefficient (Wildman–Crippen LogP) is 3.23. The number of hydrogen-bond acceptors (Lipinski definition) is 4. The molecule has 0 aliphatic carbocycles. The first-order chi connectivity index (χ1) is 11.8. The molecule has 0 unspecified atom stereocenters. The van der Waals surface area contributed by atoms with Gasteiger partial charge in [0.15, 0.2) is 0 Å². The van der Waals surface area contributed by atoms with Gasteiger partial charge < -0.3 is 5.73 Å². The second kappa shape index (κ2) is 5.86. The lowest BCUT2D eigenvalue weighted by molar-refractivity contribution is 0.906. The van der Waals surface area contributed by atoms with Crippen molar-refractivity contribution in [1.29, 1.82) is 0 Å². The second-order valence-corrected chi connectivity index (χ2v) is 5.75. The van der Waals surface area contributed by atoms with Crippen LogP contribution in [0.15, 0.2) is 61.3 Å². The zero-order chi connectivity index (χ0) is 16.5. The molecule has 0 radical (unpaired) electrons. The number of aryl methyl sites for hydroxylation is 1. The summed E-state index contributed by atoms with van der Waals surface area (Å²) in [5.41, 5.74) is 13.2. The van der Waals surface area contributed by atoms with Crippen molar-refractivity contribution in [1.82, 2.24) is 19.6 Å². The molecule has 0 saturated carbocycles. The van der Waals surface area contributed by atoms with Gasteiger partial charge in [0.2, 0.25) is 0 Å². The Balaban J connectivity index is 1.87. The van der Waals surface area contributed by atoms with Crippen LogP contribution in [0.25, 0.3) is 27.9 Å². The summed E-state index contributed by atoms with van der Waals surface area (Å²) >= 11 is 0. The molecule has 0 saturated heterocycles. The normalized spacial score (nSPS) is 11.1. The van der Waals surface area contributed by atoms with Crippen LogP contribution in [0.5, 0.6) is 0 Å². The van der Waals surface area contributed by atoms with Crippen LogP contribution in [0, 0.1) is 6.92 Å². The van der Waals surface area contributed by atoms with Gasteiger partial charge in [-0.05, 0) is 47.9 Å². The number of pyridine rings is 1. The Labute approximate surface area is 139 Å². The van der Waals surface area contributed by atoms with Gasteiger partial charge >= 0.3 is 0 Å². The zero-order valence-electron chi connectivity index (χ0n) is 13.3. The van der Waals surface area contributed by atoms with Crippen LogP contribution in [0.3, 0.4) is 0 Å². The highest BCUT2D eigenvalue weighted by Crippen LogP contribution is 2.28. The van der Waals surface area contributed by atoms with E-state index in [1.54, 1.807) is 18.7 Å². The van der Waals surface area contributed by atoms with E-state index in [1.807, 2.05) is 22.8 Å². The SMILES string of the molecule is Cc1cc(-c2ncnn3cc(-c4ccncc4)cc23)ccc1CN. The molecule has 2 N–H and O–H groups in total. The summed E-state index contributed by atoms with van der Waals surface area (Å²) in [5, 5.41) is 4.34. The molecule has 0 aliphatic rings. The fraction of sp³-hybridized carbons (Fsp3) is 0.105. The molecule has 0 fully saturated rings. The van der Waals surface area contributed by atoms with Gasteiger partial charge in [-0.1, -0.05) is 12.1 Å². The zero-order valence-corrected chi connectivity index (χ0v) is 13.3. The first-order valence-electron chi connectivity index (χ1n) is 7.80. The third-order valence-corrected chi connectivity index (χ3v) is 4.26. The lowest BCUT2D eigenvalue weighted by Gasteiger charge is -2.07. The van der Waals surface area contributed by atoms with Gasteiger partial charge in [0.05, 0.1) is 11.2 Å². The predicted molar refractivity (Wildman–Crippen MR) is 94.3 cm³/mol. The number of rotatable bonds is 3. The van der Waals surface area contributed by atoms with Crippen LogP contribution in [0.2, 0.25) is 0 Å². The molecule has 4 aromatic rings. The Hall–Kier alpha value is -3.05. The first-order valence-corrected chi connectivity index (χ1v) is 7.80. The highest BCUT2D eigenvalue weighted by atomic mass is 15.2. The topological polar surface area (TPSA) is 69.1 Å². The summed E-state index contributed by atoms with van der Waals surface area (Å²) in [7, 11) is 0. The number of fused-ring (bicyclic) bond motifs is 1. The lowest BCUT2D eigenvalue weighted by Crippen LogP contribution is -2.00. The van der Waals surface area contributed by atoms with Crippen LogP contribution in [-0.2, 0) is 6.54 Å². The van der Waals surface area contributed by atoms with Crippen LogP contribution in [0.4, 0.5) is 0 Å². The summed E-state index contributed by atoms with van der Waals surface area (Å²) in [6, 6.07) is 12.3. The second-order valence-electron chi connectivity index (χ2n) is 5.75. The van der Waals surface area contributed by atoms with Crippen molar-refractivity contribution in [2.24, 2.45) is 5.73 Å². The maximum Gasteiger partial charge on any atom is 0.137 e. The Kier molecular flexibility index (Phi) is 3.55. The molecule has 0 spiro atoms. The average molecular weight is 315 g/mol. The molecular formula is C19H17N5. The minimum Gasteiger partial charge on any atom is -0.326 e. The van der Waals surface area contributed by atoms with Gasteiger partial charge in [0.1, 0.15) is 6.33 Å². The highest BCUT2D eigenvalue weighted by molar-refractivity contribution is 5.81. The van der Waals surface area contributed by atoms with E-state index in [4.69, 9.17) is 5.73 Å².